The lowest BCUT2D eigenvalue weighted by Gasteiger charge is -2.08. The Kier molecular flexibility index (Phi) is 5.03. The number of furan rings is 1. The number of hydrogen-bond donors (Lipinski definition) is 2. The standard InChI is InChI=1S/C13H15BO5/c15-14(16)11-3-1-4-12(9-11)19-8-7-17-10-13-5-2-6-18-13/h1-6,9,15-16H,7-8,10H2. The van der Waals surface area contributed by atoms with Crippen LogP contribution in [0.2, 0.25) is 0 Å². The molecule has 0 saturated carbocycles. The Bertz CT molecular complexity index is 484. The second kappa shape index (κ2) is 6.99. The van der Waals surface area contributed by atoms with Gasteiger partial charge in [-0.1, -0.05) is 12.1 Å². The van der Waals surface area contributed by atoms with Gasteiger partial charge in [-0.05, 0) is 29.7 Å². The third-order valence-corrected chi connectivity index (χ3v) is 2.48. The molecule has 0 unspecified atom stereocenters. The number of benzene rings is 1. The minimum absolute atomic E-state index is 0.381. The highest BCUT2D eigenvalue weighted by Crippen LogP contribution is 2.07. The van der Waals surface area contributed by atoms with Crippen LogP contribution in [0.4, 0.5) is 0 Å². The van der Waals surface area contributed by atoms with E-state index in [4.69, 9.17) is 23.9 Å². The summed E-state index contributed by atoms with van der Waals surface area (Å²) >= 11 is 0. The first kappa shape index (κ1) is 13.7. The lowest BCUT2D eigenvalue weighted by Crippen LogP contribution is -2.29. The molecule has 2 N–H and O–H groups in total. The summed E-state index contributed by atoms with van der Waals surface area (Å²) in [4.78, 5) is 0. The van der Waals surface area contributed by atoms with E-state index in [2.05, 4.69) is 0 Å². The van der Waals surface area contributed by atoms with Crippen LogP contribution >= 0.6 is 0 Å². The van der Waals surface area contributed by atoms with Gasteiger partial charge in [0.2, 0.25) is 0 Å². The first-order chi connectivity index (χ1) is 9.25. The van der Waals surface area contributed by atoms with Crippen molar-refractivity contribution < 1.29 is 23.9 Å². The fourth-order valence-corrected chi connectivity index (χ4v) is 1.55. The molecule has 0 fully saturated rings. The summed E-state index contributed by atoms with van der Waals surface area (Å²) < 4.78 is 15.9. The molecular formula is C13H15BO5. The molecule has 2 aromatic rings. The second-order valence-electron chi connectivity index (χ2n) is 3.93. The molecule has 19 heavy (non-hydrogen) atoms. The van der Waals surface area contributed by atoms with Gasteiger partial charge in [-0.3, -0.25) is 0 Å². The normalized spacial score (nSPS) is 10.4. The SMILES string of the molecule is OB(O)c1cccc(OCCOCc2ccco2)c1. The maximum Gasteiger partial charge on any atom is 0.488 e. The van der Waals surface area contributed by atoms with Crippen molar-refractivity contribution in [3.8, 4) is 5.75 Å². The summed E-state index contributed by atoms with van der Waals surface area (Å²) in [5, 5.41) is 18.1. The molecule has 0 bridgehead atoms. The molecule has 0 aliphatic heterocycles. The van der Waals surface area contributed by atoms with Crippen molar-refractivity contribution in [2.24, 2.45) is 0 Å². The van der Waals surface area contributed by atoms with E-state index in [1.54, 1.807) is 36.6 Å². The van der Waals surface area contributed by atoms with Crippen LogP contribution in [0.15, 0.2) is 47.1 Å². The predicted molar refractivity (Wildman–Crippen MR) is 70.1 cm³/mol. The van der Waals surface area contributed by atoms with Crippen LogP contribution in [-0.4, -0.2) is 30.4 Å². The average molecular weight is 262 g/mol. The lowest BCUT2D eigenvalue weighted by atomic mass is 9.80. The zero-order chi connectivity index (χ0) is 13.5. The van der Waals surface area contributed by atoms with Crippen molar-refractivity contribution in [2.45, 2.75) is 6.61 Å². The molecule has 1 aromatic carbocycles. The summed E-state index contributed by atoms with van der Waals surface area (Å²) in [6.07, 6.45) is 1.60. The molecule has 1 heterocycles. The largest absolute Gasteiger partial charge is 0.491 e. The highest BCUT2D eigenvalue weighted by molar-refractivity contribution is 6.58. The van der Waals surface area contributed by atoms with E-state index in [9.17, 15) is 0 Å². The number of ether oxygens (including phenoxy) is 2. The lowest BCUT2D eigenvalue weighted by molar-refractivity contribution is 0.0781. The molecule has 0 atom stereocenters. The Morgan fingerprint density at radius 3 is 2.74 bits per heavy atom. The second-order valence-corrected chi connectivity index (χ2v) is 3.93. The van der Waals surface area contributed by atoms with Gasteiger partial charge in [0.25, 0.3) is 0 Å². The molecule has 0 aliphatic carbocycles. The minimum Gasteiger partial charge on any atom is -0.491 e. The van der Waals surface area contributed by atoms with Crippen LogP contribution in [0.5, 0.6) is 5.75 Å². The third kappa shape index (κ3) is 4.44. The van der Waals surface area contributed by atoms with Crippen LogP contribution < -0.4 is 10.2 Å². The Morgan fingerprint density at radius 1 is 1.11 bits per heavy atom. The first-order valence-corrected chi connectivity index (χ1v) is 5.95. The molecule has 0 saturated heterocycles. The Labute approximate surface area is 111 Å². The van der Waals surface area contributed by atoms with Gasteiger partial charge in [0, 0.05) is 0 Å². The maximum atomic E-state index is 9.03. The maximum absolute atomic E-state index is 9.03. The summed E-state index contributed by atoms with van der Waals surface area (Å²) in [6, 6.07) is 10.3. The smallest absolute Gasteiger partial charge is 0.488 e. The Morgan fingerprint density at radius 2 is 2.00 bits per heavy atom. The fraction of sp³-hybridized carbons (Fsp3) is 0.231. The molecule has 1 aromatic heterocycles. The van der Waals surface area contributed by atoms with Gasteiger partial charge in [0.1, 0.15) is 24.7 Å². The fourth-order valence-electron chi connectivity index (χ4n) is 1.55. The zero-order valence-corrected chi connectivity index (χ0v) is 10.4. The summed E-state index contributed by atoms with van der Waals surface area (Å²) in [5.74, 6) is 1.34. The van der Waals surface area contributed by atoms with Crippen LogP contribution in [0.25, 0.3) is 0 Å². The summed E-state index contributed by atoms with van der Waals surface area (Å²) in [5.41, 5.74) is 0.397. The van der Waals surface area contributed by atoms with Gasteiger partial charge in [-0.25, -0.2) is 0 Å². The van der Waals surface area contributed by atoms with Crippen molar-refractivity contribution in [3.05, 3.63) is 48.4 Å². The van der Waals surface area contributed by atoms with E-state index in [1.165, 1.54) is 0 Å². The quantitative estimate of drug-likeness (QED) is 0.563. The van der Waals surface area contributed by atoms with Crippen molar-refractivity contribution >= 4 is 12.6 Å². The van der Waals surface area contributed by atoms with Gasteiger partial charge in [-0.15, -0.1) is 0 Å². The molecule has 0 aliphatic rings. The Balaban J connectivity index is 1.69. The highest BCUT2D eigenvalue weighted by Gasteiger charge is 2.10. The predicted octanol–water partition coefficient (Wildman–Crippen LogP) is 0.555. The van der Waals surface area contributed by atoms with Crippen molar-refractivity contribution in [2.75, 3.05) is 13.2 Å². The van der Waals surface area contributed by atoms with E-state index in [-0.39, 0.29) is 0 Å². The van der Waals surface area contributed by atoms with Gasteiger partial charge >= 0.3 is 7.12 Å². The van der Waals surface area contributed by atoms with Crippen molar-refractivity contribution in [1.29, 1.82) is 0 Å². The summed E-state index contributed by atoms with van der Waals surface area (Å²) in [6.45, 7) is 1.21. The third-order valence-electron chi connectivity index (χ3n) is 2.48. The van der Waals surface area contributed by atoms with Crippen LogP contribution in [0.3, 0.4) is 0 Å². The summed E-state index contributed by atoms with van der Waals surface area (Å²) in [7, 11) is -1.49. The molecule has 6 heteroatoms. The average Bonchev–Trinajstić information content (AvgIpc) is 2.92. The molecule has 0 spiro atoms. The molecule has 0 amide bonds. The molecule has 100 valence electrons. The van der Waals surface area contributed by atoms with E-state index in [1.807, 2.05) is 6.07 Å². The van der Waals surface area contributed by atoms with Crippen molar-refractivity contribution in [3.63, 3.8) is 0 Å². The van der Waals surface area contributed by atoms with Gasteiger partial charge < -0.3 is 23.9 Å². The Hall–Kier alpha value is -1.76. The van der Waals surface area contributed by atoms with E-state index in [0.29, 0.717) is 31.0 Å². The molecule has 5 nitrogen and oxygen atoms in total. The minimum atomic E-state index is -1.49. The highest BCUT2D eigenvalue weighted by atomic mass is 16.5. The molecule has 0 radical (unpaired) electrons. The van der Waals surface area contributed by atoms with Crippen LogP contribution in [0.1, 0.15) is 5.76 Å². The number of hydrogen-bond acceptors (Lipinski definition) is 5. The first-order valence-electron chi connectivity index (χ1n) is 5.95. The van der Waals surface area contributed by atoms with E-state index >= 15 is 0 Å². The van der Waals surface area contributed by atoms with E-state index < -0.39 is 7.12 Å². The van der Waals surface area contributed by atoms with Gasteiger partial charge in [-0.2, -0.15) is 0 Å². The number of rotatable bonds is 7. The van der Waals surface area contributed by atoms with Gasteiger partial charge in [0.05, 0.1) is 12.9 Å². The zero-order valence-electron chi connectivity index (χ0n) is 10.4. The van der Waals surface area contributed by atoms with Gasteiger partial charge in [0.15, 0.2) is 0 Å². The van der Waals surface area contributed by atoms with Crippen LogP contribution in [-0.2, 0) is 11.3 Å². The monoisotopic (exact) mass is 262 g/mol. The van der Waals surface area contributed by atoms with E-state index in [0.717, 1.165) is 5.76 Å². The van der Waals surface area contributed by atoms with Crippen LogP contribution in [0, 0.1) is 0 Å². The molecular weight excluding hydrogens is 247 g/mol. The topological polar surface area (TPSA) is 72.1 Å². The molecule has 2 rings (SSSR count). The van der Waals surface area contributed by atoms with Crippen molar-refractivity contribution in [1.82, 2.24) is 0 Å².